The van der Waals surface area contributed by atoms with E-state index in [9.17, 15) is 18.4 Å². The zero-order chi connectivity index (χ0) is 19.0. The predicted molar refractivity (Wildman–Crippen MR) is 93.1 cm³/mol. The first-order chi connectivity index (χ1) is 13.0. The molecule has 0 bridgehead atoms. The van der Waals surface area contributed by atoms with Crippen LogP contribution in [0.4, 0.5) is 8.78 Å². The summed E-state index contributed by atoms with van der Waals surface area (Å²) in [6.07, 6.45) is 2.16. The molecule has 0 radical (unpaired) electrons. The average Bonchev–Trinajstić information content (AvgIpc) is 3.31. The SMILES string of the molecule is O=C1CC(=NCCN2CCCC2)C(=O)c2oc(-c3cccc(F)c3F)nc21. The van der Waals surface area contributed by atoms with Gasteiger partial charge in [-0.25, -0.2) is 13.8 Å². The largest absolute Gasteiger partial charge is 0.432 e. The molecule has 6 nitrogen and oxygen atoms in total. The van der Waals surface area contributed by atoms with Crippen LogP contribution in [0.5, 0.6) is 0 Å². The van der Waals surface area contributed by atoms with E-state index in [2.05, 4.69) is 14.9 Å². The van der Waals surface area contributed by atoms with E-state index < -0.39 is 23.2 Å². The van der Waals surface area contributed by atoms with Crippen molar-refractivity contribution < 1.29 is 22.8 Å². The number of Topliss-reactive ketones (excluding diaryl/α,β-unsaturated/α-hetero) is 2. The molecule has 8 heteroatoms. The van der Waals surface area contributed by atoms with Gasteiger partial charge in [-0.1, -0.05) is 6.07 Å². The molecule has 4 rings (SSSR count). The smallest absolute Gasteiger partial charge is 0.244 e. The average molecular weight is 373 g/mol. The number of aliphatic imine (C=N–C) groups is 1. The van der Waals surface area contributed by atoms with E-state index in [1.165, 1.54) is 12.1 Å². The number of ketones is 2. The number of benzene rings is 1. The minimum atomic E-state index is -1.14. The lowest BCUT2D eigenvalue weighted by atomic mass is 9.97. The number of rotatable bonds is 4. The summed E-state index contributed by atoms with van der Waals surface area (Å²) in [4.78, 5) is 35.4. The van der Waals surface area contributed by atoms with Gasteiger partial charge in [-0.3, -0.25) is 14.6 Å². The molecule has 0 spiro atoms. The van der Waals surface area contributed by atoms with E-state index in [0.717, 1.165) is 38.5 Å². The Morgan fingerprint density at radius 2 is 1.96 bits per heavy atom. The maximum atomic E-state index is 14.0. The van der Waals surface area contributed by atoms with Crippen molar-refractivity contribution in [2.45, 2.75) is 19.3 Å². The van der Waals surface area contributed by atoms with Crippen molar-refractivity contribution >= 4 is 17.3 Å². The van der Waals surface area contributed by atoms with Crippen molar-refractivity contribution in [1.82, 2.24) is 9.88 Å². The van der Waals surface area contributed by atoms with E-state index >= 15 is 0 Å². The van der Waals surface area contributed by atoms with Crippen LogP contribution in [-0.2, 0) is 0 Å². The standard InChI is InChI=1S/C19H17F2N3O3/c20-12-5-3-4-11(15(12)21)19-23-16-14(25)10-13(17(26)18(16)27-19)22-6-9-24-7-1-2-8-24/h3-5H,1-2,6-10H2. The molecule has 1 aliphatic carbocycles. The molecule has 1 saturated heterocycles. The lowest BCUT2D eigenvalue weighted by Crippen LogP contribution is -2.28. The number of nitrogens with zero attached hydrogens (tertiary/aromatic N) is 3. The van der Waals surface area contributed by atoms with Gasteiger partial charge < -0.3 is 9.32 Å². The molecule has 140 valence electrons. The number of aromatic nitrogens is 1. The number of hydrogen-bond donors (Lipinski definition) is 0. The Kier molecular flexibility index (Phi) is 4.65. The van der Waals surface area contributed by atoms with Crippen LogP contribution in [0.15, 0.2) is 27.6 Å². The highest BCUT2D eigenvalue weighted by Crippen LogP contribution is 2.29. The van der Waals surface area contributed by atoms with Crippen LogP contribution in [0.1, 0.15) is 40.3 Å². The summed E-state index contributed by atoms with van der Waals surface area (Å²) in [7, 11) is 0. The van der Waals surface area contributed by atoms with Gasteiger partial charge in [0.25, 0.3) is 0 Å². The summed E-state index contributed by atoms with van der Waals surface area (Å²) in [6.45, 7) is 3.19. The van der Waals surface area contributed by atoms with Gasteiger partial charge in [-0.2, -0.15) is 0 Å². The summed E-state index contributed by atoms with van der Waals surface area (Å²) in [6, 6.07) is 3.53. The van der Waals surface area contributed by atoms with Gasteiger partial charge >= 0.3 is 0 Å². The molecule has 1 aliphatic heterocycles. The Labute approximate surface area is 153 Å². The Morgan fingerprint density at radius 3 is 2.74 bits per heavy atom. The van der Waals surface area contributed by atoms with Gasteiger partial charge in [0, 0.05) is 6.54 Å². The molecule has 1 aromatic heterocycles. The van der Waals surface area contributed by atoms with Gasteiger partial charge in [-0.15, -0.1) is 0 Å². The monoisotopic (exact) mass is 373 g/mol. The fourth-order valence-electron chi connectivity index (χ4n) is 3.35. The van der Waals surface area contributed by atoms with Gasteiger partial charge in [0.15, 0.2) is 23.1 Å². The number of hydrogen-bond acceptors (Lipinski definition) is 6. The van der Waals surface area contributed by atoms with E-state index in [0.29, 0.717) is 6.54 Å². The number of carbonyl (C=O) groups excluding carboxylic acids is 2. The highest BCUT2D eigenvalue weighted by Gasteiger charge is 2.35. The van der Waals surface area contributed by atoms with Crippen molar-refractivity contribution in [2.75, 3.05) is 26.2 Å². The normalized spacial score (nSPS) is 19.1. The van der Waals surface area contributed by atoms with Gasteiger partial charge in [-0.05, 0) is 38.1 Å². The van der Waals surface area contributed by atoms with Gasteiger partial charge in [0.1, 0.15) is 0 Å². The van der Waals surface area contributed by atoms with E-state index in [1.807, 2.05) is 0 Å². The number of likely N-dealkylation sites (tertiary alicyclic amines) is 1. The van der Waals surface area contributed by atoms with Crippen molar-refractivity contribution in [3.63, 3.8) is 0 Å². The highest BCUT2D eigenvalue weighted by molar-refractivity contribution is 6.51. The summed E-state index contributed by atoms with van der Waals surface area (Å²) in [5, 5.41) is 0. The maximum Gasteiger partial charge on any atom is 0.244 e. The number of fused-ring (bicyclic) bond motifs is 1. The molecular weight excluding hydrogens is 356 g/mol. The second-order valence-corrected chi connectivity index (χ2v) is 6.60. The molecule has 0 saturated carbocycles. The zero-order valence-corrected chi connectivity index (χ0v) is 14.5. The molecule has 2 aromatic rings. The Morgan fingerprint density at radius 1 is 1.19 bits per heavy atom. The molecule has 0 N–H and O–H groups in total. The fourth-order valence-corrected chi connectivity index (χ4v) is 3.35. The minimum Gasteiger partial charge on any atom is -0.432 e. The topological polar surface area (TPSA) is 75.8 Å². The molecule has 0 unspecified atom stereocenters. The third kappa shape index (κ3) is 3.32. The van der Waals surface area contributed by atoms with Crippen molar-refractivity contribution in [1.29, 1.82) is 0 Å². The van der Waals surface area contributed by atoms with Crippen molar-refractivity contribution in [3.8, 4) is 11.5 Å². The highest BCUT2D eigenvalue weighted by atomic mass is 19.2. The molecule has 0 amide bonds. The van der Waals surface area contributed by atoms with Crippen LogP contribution in [-0.4, -0.2) is 53.3 Å². The van der Waals surface area contributed by atoms with Crippen LogP contribution in [0.25, 0.3) is 11.5 Å². The second kappa shape index (κ2) is 7.11. The van der Waals surface area contributed by atoms with Crippen LogP contribution >= 0.6 is 0 Å². The lowest BCUT2D eigenvalue weighted by Gasteiger charge is -2.13. The first kappa shape index (κ1) is 17.7. The van der Waals surface area contributed by atoms with Crippen LogP contribution < -0.4 is 0 Å². The Hall–Kier alpha value is -2.74. The minimum absolute atomic E-state index is 0.120. The molecule has 2 aliphatic rings. The summed E-state index contributed by atoms with van der Waals surface area (Å²) >= 11 is 0. The Bertz CT molecular complexity index is 946. The third-order valence-electron chi connectivity index (χ3n) is 4.79. The predicted octanol–water partition coefficient (Wildman–Crippen LogP) is 2.93. The second-order valence-electron chi connectivity index (χ2n) is 6.60. The number of carbonyl (C=O) groups is 2. The summed E-state index contributed by atoms with van der Waals surface area (Å²) < 4.78 is 32.7. The van der Waals surface area contributed by atoms with Gasteiger partial charge in [0.2, 0.25) is 17.4 Å². The molecular formula is C19H17F2N3O3. The van der Waals surface area contributed by atoms with Crippen LogP contribution in [0.3, 0.4) is 0 Å². The molecule has 2 heterocycles. The van der Waals surface area contributed by atoms with Crippen molar-refractivity contribution in [2.24, 2.45) is 4.99 Å². The summed E-state index contributed by atoms with van der Waals surface area (Å²) in [5.74, 6) is -3.71. The first-order valence-corrected chi connectivity index (χ1v) is 8.83. The number of halogens is 2. The van der Waals surface area contributed by atoms with E-state index in [1.54, 1.807) is 0 Å². The fraction of sp³-hybridized carbons (Fsp3) is 0.368. The quantitative estimate of drug-likeness (QED) is 0.824. The molecule has 1 fully saturated rings. The van der Waals surface area contributed by atoms with Gasteiger partial charge in [0.05, 0.1) is 24.2 Å². The Balaban J connectivity index is 1.59. The van der Waals surface area contributed by atoms with Crippen LogP contribution in [0, 0.1) is 11.6 Å². The van der Waals surface area contributed by atoms with Crippen molar-refractivity contribution in [3.05, 3.63) is 41.3 Å². The van der Waals surface area contributed by atoms with E-state index in [4.69, 9.17) is 4.42 Å². The third-order valence-corrected chi connectivity index (χ3v) is 4.79. The summed E-state index contributed by atoms with van der Waals surface area (Å²) in [5.41, 5.74) is -0.274. The molecule has 0 atom stereocenters. The van der Waals surface area contributed by atoms with E-state index in [-0.39, 0.29) is 35.0 Å². The lowest BCUT2D eigenvalue weighted by molar-refractivity contribution is 0.0949. The molecule has 27 heavy (non-hydrogen) atoms. The molecule has 1 aromatic carbocycles. The van der Waals surface area contributed by atoms with Crippen LogP contribution in [0.2, 0.25) is 0 Å². The number of oxazole rings is 1. The first-order valence-electron chi connectivity index (χ1n) is 8.83. The maximum absolute atomic E-state index is 14.0. The zero-order valence-electron chi connectivity index (χ0n) is 14.5.